The molecule has 0 aliphatic heterocycles. The zero-order valence-electron chi connectivity index (χ0n) is 31.0. The topological polar surface area (TPSA) is 26.0 Å². The Kier molecular flexibility index (Phi) is 21.0. The molecule has 0 saturated heterocycles. The van der Waals surface area contributed by atoms with Crippen LogP contribution in [0.4, 0.5) is 0 Å². The van der Waals surface area contributed by atoms with Crippen molar-refractivity contribution in [2.24, 2.45) is 5.73 Å². The number of allylic oxidation sites excluding steroid dienone is 26. The molecule has 1 heteroatoms. The molecule has 1 aliphatic carbocycles. The Bertz CT molecular complexity index is 1560. The number of nitrogens with two attached hydrogens (primary N) is 1. The second kappa shape index (κ2) is 25.4. The molecule has 0 spiro atoms. The molecule has 2 N–H and O–H groups in total. The number of hydrogen-bond acceptors (Lipinski definition) is 1. The highest BCUT2D eigenvalue weighted by Gasteiger charge is 2.13. The second-order valence-corrected chi connectivity index (χ2v) is 12.5. The minimum atomic E-state index is 0.853. The van der Waals surface area contributed by atoms with Gasteiger partial charge in [0.1, 0.15) is 0 Å². The highest BCUT2D eigenvalue weighted by Crippen LogP contribution is 2.33. The van der Waals surface area contributed by atoms with Crippen LogP contribution in [0.15, 0.2) is 180 Å². The average Bonchev–Trinajstić information content (AvgIpc) is 3.52. The Morgan fingerprint density at radius 1 is 0.714 bits per heavy atom. The van der Waals surface area contributed by atoms with Gasteiger partial charge in [0.2, 0.25) is 0 Å². The molecule has 1 aliphatic rings. The summed E-state index contributed by atoms with van der Waals surface area (Å²) in [6.07, 6.45) is 53.4. The molecule has 0 unspecified atom stereocenters. The van der Waals surface area contributed by atoms with Crippen LogP contribution in [0.2, 0.25) is 0 Å². The highest BCUT2D eigenvalue weighted by molar-refractivity contribution is 5.85. The van der Waals surface area contributed by atoms with Gasteiger partial charge in [-0.25, -0.2) is 0 Å². The van der Waals surface area contributed by atoms with Gasteiger partial charge in [-0.15, -0.1) is 0 Å². The largest absolute Gasteiger partial charge is 0.405 e. The fourth-order valence-electron chi connectivity index (χ4n) is 5.40. The van der Waals surface area contributed by atoms with E-state index in [4.69, 9.17) is 5.73 Å². The first-order valence-electron chi connectivity index (χ1n) is 18.2. The predicted octanol–water partition coefficient (Wildman–Crippen LogP) is 14.1. The van der Waals surface area contributed by atoms with E-state index in [0.717, 1.165) is 18.4 Å². The van der Waals surface area contributed by atoms with Crippen LogP contribution in [-0.2, 0) is 0 Å². The van der Waals surface area contributed by atoms with Crippen LogP contribution in [0.5, 0.6) is 0 Å². The van der Waals surface area contributed by atoms with Crippen molar-refractivity contribution in [2.75, 3.05) is 0 Å². The average molecular weight is 652 g/mol. The first-order valence-corrected chi connectivity index (χ1v) is 18.2. The van der Waals surface area contributed by atoms with Gasteiger partial charge >= 0.3 is 0 Å². The molecule has 0 aromatic heterocycles. The minimum Gasteiger partial charge on any atom is -0.405 e. The van der Waals surface area contributed by atoms with E-state index in [2.05, 4.69) is 149 Å². The SMILES string of the molecule is C=C(/C=C\CCCCCCCCC)\C=C/C(C)=C(/C=C\C=C/C(C)=C/C=C/C)c1ccc(C2=C/C(=C/C=C\C)C(C/C=C\C=C/N)=C2)cc1. The summed E-state index contributed by atoms with van der Waals surface area (Å²) in [5, 5.41) is 0. The Labute approximate surface area is 299 Å². The Morgan fingerprint density at radius 3 is 2.14 bits per heavy atom. The van der Waals surface area contributed by atoms with Crippen molar-refractivity contribution in [3.8, 4) is 0 Å². The third kappa shape index (κ3) is 16.9. The molecular weight excluding hydrogens is 591 g/mol. The summed E-state index contributed by atoms with van der Waals surface area (Å²) in [5.74, 6) is 0. The maximum atomic E-state index is 5.50. The van der Waals surface area contributed by atoms with Crippen LogP contribution < -0.4 is 5.73 Å². The Balaban J connectivity index is 2.28. The van der Waals surface area contributed by atoms with E-state index in [0.29, 0.717) is 0 Å². The third-order valence-electron chi connectivity index (χ3n) is 8.27. The zero-order chi connectivity index (χ0) is 35.5. The molecular formula is C48H61N. The normalized spacial score (nSPS) is 16.0. The molecule has 1 aromatic carbocycles. The van der Waals surface area contributed by atoms with Gasteiger partial charge in [0.15, 0.2) is 0 Å². The van der Waals surface area contributed by atoms with Gasteiger partial charge < -0.3 is 5.73 Å². The lowest BCUT2D eigenvalue weighted by Gasteiger charge is -2.08. The van der Waals surface area contributed by atoms with Crippen molar-refractivity contribution in [1.29, 1.82) is 0 Å². The van der Waals surface area contributed by atoms with E-state index in [-0.39, 0.29) is 0 Å². The molecule has 49 heavy (non-hydrogen) atoms. The molecule has 258 valence electrons. The molecule has 0 radical (unpaired) electrons. The fourth-order valence-corrected chi connectivity index (χ4v) is 5.40. The van der Waals surface area contributed by atoms with Crippen LogP contribution in [0.1, 0.15) is 104 Å². The van der Waals surface area contributed by atoms with E-state index in [1.54, 1.807) is 6.20 Å². The lowest BCUT2D eigenvalue weighted by molar-refractivity contribution is 0.592. The standard InChI is InChI=1S/C48H61N/c1-7-10-13-14-15-16-17-18-20-26-41(5)31-32-42(6)48(30-23-22-27-40(4)25-11-8-2)44-35-33-43(34-36-44)47-38-45(28-12-9-3)46(39-47)29-21-19-24-37-49/h8-9,11-12,19-28,30-39H,5,7,10,13-18,29,49H2,1-4,6H3/b11-8+,12-9-,21-19-,26-20-,27-22-,30-23-,32-31-,37-24-,40-25+,45-28-,48-42-. The lowest BCUT2D eigenvalue weighted by atomic mass is 9.96. The minimum absolute atomic E-state index is 0.853. The van der Waals surface area contributed by atoms with Crippen molar-refractivity contribution in [2.45, 2.75) is 92.4 Å². The van der Waals surface area contributed by atoms with Gasteiger partial charge in [-0.05, 0) is 110 Å². The number of hydrogen-bond donors (Lipinski definition) is 1. The first-order chi connectivity index (χ1) is 23.9. The van der Waals surface area contributed by atoms with Gasteiger partial charge in [0.25, 0.3) is 0 Å². The molecule has 1 aromatic rings. The maximum Gasteiger partial charge on any atom is -0.00625 e. The number of rotatable bonds is 21. The summed E-state index contributed by atoms with van der Waals surface area (Å²) < 4.78 is 0. The van der Waals surface area contributed by atoms with Crippen LogP contribution in [0.3, 0.4) is 0 Å². The van der Waals surface area contributed by atoms with E-state index >= 15 is 0 Å². The molecule has 2 rings (SSSR count). The fraction of sp³-hybridized carbons (Fsp3) is 0.292. The summed E-state index contributed by atoms with van der Waals surface area (Å²) in [4.78, 5) is 0. The summed E-state index contributed by atoms with van der Waals surface area (Å²) >= 11 is 0. The van der Waals surface area contributed by atoms with Crippen molar-refractivity contribution in [1.82, 2.24) is 0 Å². The van der Waals surface area contributed by atoms with Crippen molar-refractivity contribution < 1.29 is 0 Å². The quantitative estimate of drug-likeness (QED) is 0.104. The van der Waals surface area contributed by atoms with Crippen LogP contribution in [0, 0.1) is 0 Å². The van der Waals surface area contributed by atoms with E-state index < -0.39 is 0 Å². The smallest absolute Gasteiger partial charge is 0.00625 e. The monoisotopic (exact) mass is 651 g/mol. The lowest BCUT2D eigenvalue weighted by Crippen LogP contribution is -1.87. The van der Waals surface area contributed by atoms with Gasteiger partial charge in [-0.3, -0.25) is 0 Å². The van der Waals surface area contributed by atoms with E-state index in [1.807, 2.05) is 32.1 Å². The summed E-state index contributed by atoms with van der Waals surface area (Å²) in [6, 6.07) is 8.93. The van der Waals surface area contributed by atoms with Crippen LogP contribution in [0.25, 0.3) is 11.1 Å². The molecule has 0 amide bonds. The molecule has 0 heterocycles. The number of benzene rings is 1. The van der Waals surface area contributed by atoms with Crippen LogP contribution in [-0.4, -0.2) is 0 Å². The van der Waals surface area contributed by atoms with Gasteiger partial charge in [-0.1, -0.05) is 185 Å². The van der Waals surface area contributed by atoms with Crippen LogP contribution >= 0.6 is 0 Å². The second-order valence-electron chi connectivity index (χ2n) is 12.5. The van der Waals surface area contributed by atoms with Crippen molar-refractivity contribution >= 4 is 11.1 Å². The zero-order valence-corrected chi connectivity index (χ0v) is 31.0. The summed E-state index contributed by atoms with van der Waals surface area (Å²) in [7, 11) is 0. The number of unbranched alkanes of at least 4 members (excludes halogenated alkanes) is 7. The maximum absolute atomic E-state index is 5.50. The summed E-state index contributed by atoms with van der Waals surface area (Å²) in [6.45, 7) is 14.9. The van der Waals surface area contributed by atoms with Crippen molar-refractivity contribution in [3.63, 3.8) is 0 Å². The highest BCUT2D eigenvalue weighted by atomic mass is 14.5. The van der Waals surface area contributed by atoms with Gasteiger partial charge in [0.05, 0.1) is 0 Å². The van der Waals surface area contributed by atoms with E-state index in [1.165, 1.54) is 89.5 Å². The van der Waals surface area contributed by atoms with Gasteiger partial charge in [-0.2, -0.15) is 0 Å². The molecule has 0 fully saturated rings. The molecule has 1 nitrogen and oxygen atoms in total. The molecule has 0 bridgehead atoms. The van der Waals surface area contributed by atoms with Gasteiger partial charge in [0, 0.05) is 0 Å². The summed E-state index contributed by atoms with van der Waals surface area (Å²) in [5.41, 5.74) is 16.3. The molecule has 0 atom stereocenters. The Morgan fingerprint density at radius 2 is 1.43 bits per heavy atom. The Hall–Kier alpha value is -4.62. The van der Waals surface area contributed by atoms with E-state index in [9.17, 15) is 0 Å². The predicted molar refractivity (Wildman–Crippen MR) is 222 cm³/mol. The molecule has 0 saturated carbocycles. The third-order valence-corrected chi connectivity index (χ3v) is 8.27. The van der Waals surface area contributed by atoms with Crippen molar-refractivity contribution in [3.05, 3.63) is 191 Å². The first kappa shape index (κ1) is 40.6.